The van der Waals surface area contributed by atoms with Gasteiger partial charge in [-0.25, -0.2) is 0 Å². The van der Waals surface area contributed by atoms with Gasteiger partial charge in [-0.15, -0.1) is 0 Å². The topological polar surface area (TPSA) is 26.0 Å². The maximum atomic E-state index is 5.24. The summed E-state index contributed by atoms with van der Waals surface area (Å²) in [5.41, 5.74) is 5.24. The molecule has 0 saturated heterocycles. The summed E-state index contributed by atoms with van der Waals surface area (Å²) in [7, 11) is 0. The molecule has 0 aromatic heterocycles. The molecule has 2 N–H and O–H groups in total. The zero-order valence-electron chi connectivity index (χ0n) is 4.20. The normalized spacial score (nSPS) is 9.00. The van der Waals surface area contributed by atoms with Crippen LogP contribution >= 0.6 is 0 Å². The molecule has 2 heteroatoms. The summed E-state index contributed by atoms with van der Waals surface area (Å²) in [6, 6.07) is 0. The van der Waals surface area contributed by atoms with Crippen LogP contribution in [0.25, 0.3) is 0 Å². The standard InChI is InChI=1S/C3H8N.CH3.Sn/c1-2-3-4;;/h1-4H2;1H3;. The quantitative estimate of drug-likeness (QED) is 0.511. The average Bonchev–Trinajstić information content (AvgIpc) is 1.61. The van der Waals surface area contributed by atoms with E-state index in [-0.39, 0.29) is 21.1 Å². The van der Waals surface area contributed by atoms with Crippen LogP contribution in [0.5, 0.6) is 0 Å². The van der Waals surface area contributed by atoms with Crippen LogP contribution in [0.2, 0.25) is 9.38 Å². The Morgan fingerprint density at radius 3 is 2.50 bits per heavy atom. The Morgan fingerprint density at radius 1 is 1.67 bits per heavy atom. The summed E-state index contributed by atoms with van der Waals surface area (Å²) in [4.78, 5) is 2.35. The average molecular weight is 192 g/mol. The van der Waals surface area contributed by atoms with Crippen molar-refractivity contribution in [2.45, 2.75) is 15.8 Å². The van der Waals surface area contributed by atoms with Crippen LogP contribution in [-0.4, -0.2) is 27.7 Å². The van der Waals surface area contributed by atoms with E-state index < -0.39 is 0 Å². The molecule has 36 valence electrons. The van der Waals surface area contributed by atoms with Gasteiger partial charge in [0, 0.05) is 0 Å². The van der Waals surface area contributed by atoms with Crippen molar-refractivity contribution in [1.29, 1.82) is 0 Å². The van der Waals surface area contributed by atoms with Gasteiger partial charge in [0.1, 0.15) is 0 Å². The first-order chi connectivity index (χ1) is 2.91. The predicted molar refractivity (Wildman–Crippen MR) is 30.1 cm³/mol. The third-order valence-electron chi connectivity index (χ3n) is 0.631. The van der Waals surface area contributed by atoms with Crippen LogP contribution in [0.15, 0.2) is 0 Å². The first-order valence-electron chi connectivity index (χ1n) is 2.26. The summed E-state index contributed by atoms with van der Waals surface area (Å²) in [6.07, 6.45) is 1.27. The molecule has 0 fully saturated rings. The van der Waals surface area contributed by atoms with Gasteiger partial charge < -0.3 is 0 Å². The maximum absolute atomic E-state index is 5.24. The number of rotatable bonds is 3. The Balaban J connectivity index is 2.34. The Hall–Kier alpha value is 0.759. The first-order valence-corrected chi connectivity index (χ1v) is 7.13. The first kappa shape index (κ1) is 6.76. The van der Waals surface area contributed by atoms with Crippen molar-refractivity contribution in [1.82, 2.24) is 0 Å². The molecule has 0 spiro atoms. The van der Waals surface area contributed by atoms with Gasteiger partial charge in [-0.3, -0.25) is 0 Å². The Morgan fingerprint density at radius 2 is 2.33 bits per heavy atom. The zero-order chi connectivity index (χ0) is 4.83. The van der Waals surface area contributed by atoms with E-state index in [0.717, 1.165) is 6.54 Å². The Kier molecular flexibility index (Phi) is 6.49. The van der Waals surface area contributed by atoms with Crippen LogP contribution in [0.1, 0.15) is 6.42 Å². The summed E-state index contributed by atoms with van der Waals surface area (Å²) < 4.78 is 1.46. The molecule has 0 aliphatic heterocycles. The van der Waals surface area contributed by atoms with E-state index in [9.17, 15) is 0 Å². The molecular weight excluding hydrogens is 181 g/mol. The van der Waals surface area contributed by atoms with E-state index in [4.69, 9.17) is 5.73 Å². The molecule has 0 unspecified atom stereocenters. The second-order valence-electron chi connectivity index (χ2n) is 1.25. The van der Waals surface area contributed by atoms with Crippen LogP contribution in [0, 0.1) is 0 Å². The fraction of sp³-hybridized carbons (Fsp3) is 1.00. The molecule has 6 heavy (non-hydrogen) atoms. The minimum atomic E-state index is 0.110. The second-order valence-corrected chi connectivity index (χ2v) is 4.69. The molecule has 0 rings (SSSR count). The third kappa shape index (κ3) is 4.76. The Bertz CT molecular complexity index is 19.5. The van der Waals surface area contributed by atoms with E-state index in [1.807, 2.05) is 0 Å². The molecule has 0 atom stereocenters. The molecular formula is C4H11NSn. The van der Waals surface area contributed by atoms with Gasteiger partial charge in [-0.05, 0) is 0 Å². The van der Waals surface area contributed by atoms with Crippen LogP contribution < -0.4 is 5.73 Å². The number of hydrogen-bond acceptors (Lipinski definition) is 1. The van der Waals surface area contributed by atoms with Crippen LogP contribution in [0.3, 0.4) is 0 Å². The predicted octanol–water partition coefficient (Wildman–Crippen LogP) is 0.506. The molecule has 0 aromatic carbocycles. The van der Waals surface area contributed by atoms with Crippen molar-refractivity contribution in [2.75, 3.05) is 6.54 Å². The van der Waals surface area contributed by atoms with Gasteiger partial charge in [0.2, 0.25) is 0 Å². The monoisotopic (exact) mass is 193 g/mol. The molecule has 0 aromatic rings. The number of nitrogens with two attached hydrogens (primary N) is 1. The van der Waals surface area contributed by atoms with Crippen molar-refractivity contribution in [2.24, 2.45) is 5.73 Å². The zero-order valence-corrected chi connectivity index (χ0v) is 7.05. The van der Waals surface area contributed by atoms with Gasteiger partial charge in [-0.2, -0.15) is 0 Å². The molecule has 1 nitrogen and oxygen atoms in total. The molecule has 0 aliphatic carbocycles. The van der Waals surface area contributed by atoms with E-state index >= 15 is 0 Å². The summed E-state index contributed by atoms with van der Waals surface area (Å²) in [6.45, 7) is 0.898. The third-order valence-corrected chi connectivity index (χ3v) is 3.07. The SMILES string of the molecule is [CH3][Sn][CH2]CCN. The van der Waals surface area contributed by atoms with Crippen molar-refractivity contribution in [3.05, 3.63) is 0 Å². The van der Waals surface area contributed by atoms with E-state index in [1.54, 1.807) is 0 Å². The van der Waals surface area contributed by atoms with Gasteiger partial charge in [0.25, 0.3) is 0 Å². The summed E-state index contributed by atoms with van der Waals surface area (Å²) in [5.74, 6) is 0. The van der Waals surface area contributed by atoms with Gasteiger partial charge in [0.05, 0.1) is 0 Å². The molecule has 0 heterocycles. The molecule has 0 aliphatic rings. The minimum absolute atomic E-state index is 0.110. The molecule has 0 bridgehead atoms. The second kappa shape index (κ2) is 5.76. The molecule has 0 saturated carbocycles. The van der Waals surface area contributed by atoms with Gasteiger partial charge in [0.15, 0.2) is 0 Å². The van der Waals surface area contributed by atoms with Crippen molar-refractivity contribution < 1.29 is 0 Å². The van der Waals surface area contributed by atoms with Gasteiger partial charge in [-0.1, -0.05) is 0 Å². The number of hydrogen-bond donors (Lipinski definition) is 1. The van der Waals surface area contributed by atoms with Crippen molar-refractivity contribution in [3.63, 3.8) is 0 Å². The van der Waals surface area contributed by atoms with E-state index in [2.05, 4.69) is 4.94 Å². The fourth-order valence-electron chi connectivity index (χ4n) is 0.279. The van der Waals surface area contributed by atoms with E-state index in [1.165, 1.54) is 10.9 Å². The van der Waals surface area contributed by atoms with Crippen LogP contribution in [0.4, 0.5) is 0 Å². The Labute approximate surface area is 49.5 Å². The summed E-state index contributed by atoms with van der Waals surface area (Å²) in [5, 5.41) is 0. The molecule has 0 amide bonds. The van der Waals surface area contributed by atoms with Crippen molar-refractivity contribution >= 4 is 21.1 Å². The van der Waals surface area contributed by atoms with Gasteiger partial charge >= 0.3 is 49.2 Å². The van der Waals surface area contributed by atoms with Crippen LogP contribution in [-0.2, 0) is 0 Å². The summed E-state index contributed by atoms with van der Waals surface area (Å²) >= 11 is 0.110. The fourth-order valence-corrected chi connectivity index (χ4v) is 1.87. The van der Waals surface area contributed by atoms with Crippen molar-refractivity contribution in [3.8, 4) is 0 Å². The van der Waals surface area contributed by atoms with E-state index in [0.29, 0.717) is 0 Å². The molecule has 2 radical (unpaired) electrons.